The van der Waals surface area contributed by atoms with Crippen LogP contribution in [0.25, 0.3) is 0 Å². The van der Waals surface area contributed by atoms with E-state index >= 15 is 0 Å². The molecule has 1 atom stereocenters. The van der Waals surface area contributed by atoms with Crippen molar-refractivity contribution in [3.63, 3.8) is 0 Å². The highest BCUT2D eigenvalue weighted by Gasteiger charge is 2.26. The molecule has 0 bridgehead atoms. The average molecular weight is 329 g/mol. The highest BCUT2D eigenvalue weighted by atomic mass is 32.2. The van der Waals surface area contributed by atoms with Crippen LogP contribution in [0.5, 0.6) is 5.75 Å². The Bertz CT molecular complexity index is 513. The van der Waals surface area contributed by atoms with Crippen LogP contribution in [0, 0.1) is 0 Å². The minimum Gasteiger partial charge on any atom is -0.497 e. The molecule has 1 aromatic rings. The van der Waals surface area contributed by atoms with Gasteiger partial charge in [-0.1, -0.05) is 39.0 Å². The first-order valence-corrected chi connectivity index (χ1v) is 9.35. The van der Waals surface area contributed by atoms with Gasteiger partial charge in [0.05, 0.1) is 17.3 Å². The lowest BCUT2D eigenvalue weighted by Crippen LogP contribution is -2.32. The van der Waals surface area contributed by atoms with Crippen LogP contribution < -0.4 is 10.2 Å². The van der Waals surface area contributed by atoms with Gasteiger partial charge in [0.15, 0.2) is 9.84 Å². The van der Waals surface area contributed by atoms with Crippen LogP contribution in [0.4, 0.5) is 0 Å². The molecule has 22 heavy (non-hydrogen) atoms. The second-order valence-electron chi connectivity index (χ2n) is 5.41. The summed E-state index contributed by atoms with van der Waals surface area (Å²) in [6.07, 6.45) is 5.87. The van der Waals surface area contributed by atoms with E-state index in [1.807, 2.05) is 5.48 Å². The van der Waals surface area contributed by atoms with Crippen molar-refractivity contribution in [3.8, 4) is 5.75 Å². The SMILES string of the molecule is CCCCCCCC(CNO)S(=O)(=O)c1ccc(OC)cc1. The second-order valence-corrected chi connectivity index (χ2v) is 7.64. The van der Waals surface area contributed by atoms with Crippen LogP contribution in [0.2, 0.25) is 0 Å². The van der Waals surface area contributed by atoms with Crippen molar-refractivity contribution in [2.24, 2.45) is 0 Å². The number of unbranched alkanes of at least 4 members (excludes halogenated alkanes) is 4. The molecule has 0 aromatic heterocycles. The zero-order valence-corrected chi connectivity index (χ0v) is 14.2. The molecule has 0 saturated carbocycles. The minimum absolute atomic E-state index is 0.0438. The van der Waals surface area contributed by atoms with Crippen LogP contribution in [0.15, 0.2) is 29.2 Å². The summed E-state index contributed by atoms with van der Waals surface area (Å²) in [6.45, 7) is 2.19. The Morgan fingerprint density at radius 2 is 1.77 bits per heavy atom. The van der Waals surface area contributed by atoms with E-state index in [-0.39, 0.29) is 11.4 Å². The van der Waals surface area contributed by atoms with Gasteiger partial charge in [-0.3, -0.25) is 0 Å². The maximum Gasteiger partial charge on any atom is 0.182 e. The number of ether oxygens (including phenoxy) is 1. The smallest absolute Gasteiger partial charge is 0.182 e. The van der Waals surface area contributed by atoms with Crippen molar-refractivity contribution in [2.75, 3.05) is 13.7 Å². The summed E-state index contributed by atoms with van der Waals surface area (Å²) in [6, 6.07) is 6.38. The Morgan fingerprint density at radius 3 is 2.32 bits per heavy atom. The van der Waals surface area contributed by atoms with Crippen molar-refractivity contribution in [1.29, 1.82) is 0 Å². The summed E-state index contributed by atoms with van der Waals surface area (Å²) in [4.78, 5) is 0.266. The van der Waals surface area contributed by atoms with Crippen molar-refractivity contribution in [3.05, 3.63) is 24.3 Å². The van der Waals surface area contributed by atoms with E-state index in [4.69, 9.17) is 9.94 Å². The molecule has 1 rings (SSSR count). The molecular formula is C16H27NO4S. The van der Waals surface area contributed by atoms with Gasteiger partial charge in [-0.25, -0.2) is 13.9 Å². The van der Waals surface area contributed by atoms with Gasteiger partial charge in [0.1, 0.15) is 5.75 Å². The van der Waals surface area contributed by atoms with Crippen molar-refractivity contribution in [1.82, 2.24) is 5.48 Å². The lowest BCUT2D eigenvalue weighted by Gasteiger charge is -2.17. The van der Waals surface area contributed by atoms with Gasteiger partial charge >= 0.3 is 0 Å². The Labute approximate surface area is 133 Å². The van der Waals surface area contributed by atoms with Crippen LogP contribution in [0.1, 0.15) is 45.4 Å². The Kier molecular flexibility index (Phi) is 8.45. The highest BCUT2D eigenvalue weighted by molar-refractivity contribution is 7.92. The number of nitrogens with one attached hydrogen (secondary N) is 1. The number of sulfone groups is 1. The molecule has 0 spiro atoms. The summed E-state index contributed by atoms with van der Waals surface area (Å²) in [7, 11) is -1.92. The van der Waals surface area contributed by atoms with Gasteiger partial charge in [0.25, 0.3) is 0 Å². The first-order chi connectivity index (χ1) is 10.6. The molecule has 2 N–H and O–H groups in total. The molecular weight excluding hydrogens is 302 g/mol. The van der Waals surface area contributed by atoms with E-state index in [0.29, 0.717) is 12.2 Å². The monoisotopic (exact) mass is 329 g/mol. The van der Waals surface area contributed by atoms with Gasteiger partial charge in [0.2, 0.25) is 0 Å². The normalized spacial score (nSPS) is 13.0. The summed E-state index contributed by atoms with van der Waals surface area (Å²) >= 11 is 0. The summed E-state index contributed by atoms with van der Waals surface area (Å²) in [5.41, 5.74) is 2.01. The maximum absolute atomic E-state index is 12.6. The fraction of sp³-hybridized carbons (Fsp3) is 0.625. The van der Waals surface area contributed by atoms with Crippen LogP contribution in [0.3, 0.4) is 0 Å². The molecule has 0 amide bonds. The van der Waals surface area contributed by atoms with Gasteiger partial charge < -0.3 is 9.94 Å². The molecule has 1 unspecified atom stereocenters. The summed E-state index contributed by atoms with van der Waals surface area (Å²) in [5.74, 6) is 0.621. The zero-order valence-electron chi connectivity index (χ0n) is 13.4. The molecule has 1 aromatic carbocycles. The third kappa shape index (κ3) is 5.59. The van der Waals surface area contributed by atoms with Crippen molar-refractivity contribution >= 4 is 9.84 Å². The van der Waals surface area contributed by atoms with Crippen LogP contribution >= 0.6 is 0 Å². The molecule has 0 fully saturated rings. The van der Waals surface area contributed by atoms with E-state index in [1.54, 1.807) is 24.3 Å². The first-order valence-electron chi connectivity index (χ1n) is 7.81. The Balaban J connectivity index is 2.73. The number of rotatable bonds is 11. The lowest BCUT2D eigenvalue weighted by atomic mass is 10.1. The molecule has 0 aliphatic carbocycles. The first kappa shape index (κ1) is 18.9. The Hall–Kier alpha value is -1.11. The quantitative estimate of drug-likeness (QED) is 0.482. The van der Waals surface area contributed by atoms with E-state index in [2.05, 4.69) is 6.92 Å². The third-order valence-electron chi connectivity index (χ3n) is 3.78. The topological polar surface area (TPSA) is 75.6 Å². The largest absolute Gasteiger partial charge is 0.497 e. The highest BCUT2D eigenvalue weighted by Crippen LogP contribution is 2.22. The summed E-state index contributed by atoms with van der Waals surface area (Å²) < 4.78 is 30.3. The second kappa shape index (κ2) is 9.82. The molecule has 6 heteroatoms. The van der Waals surface area contributed by atoms with E-state index in [0.717, 1.165) is 25.7 Å². The fourth-order valence-electron chi connectivity index (χ4n) is 2.40. The van der Waals surface area contributed by atoms with Gasteiger partial charge in [-0.05, 0) is 30.7 Å². The lowest BCUT2D eigenvalue weighted by molar-refractivity contribution is 0.165. The number of benzene rings is 1. The number of methoxy groups -OCH3 is 1. The van der Waals surface area contributed by atoms with Crippen LogP contribution in [-0.2, 0) is 9.84 Å². The van der Waals surface area contributed by atoms with Gasteiger partial charge in [-0.15, -0.1) is 0 Å². The predicted molar refractivity (Wildman–Crippen MR) is 87.1 cm³/mol. The fourth-order valence-corrected chi connectivity index (χ4v) is 4.07. The molecule has 0 aliphatic rings. The van der Waals surface area contributed by atoms with E-state index < -0.39 is 15.1 Å². The molecule has 126 valence electrons. The maximum atomic E-state index is 12.6. The zero-order chi connectivity index (χ0) is 16.4. The average Bonchev–Trinajstić information content (AvgIpc) is 2.53. The molecule has 0 aliphatic heterocycles. The van der Waals surface area contributed by atoms with Crippen molar-refractivity contribution in [2.45, 2.75) is 55.6 Å². The molecule has 0 radical (unpaired) electrons. The number of hydroxylamine groups is 1. The van der Waals surface area contributed by atoms with Crippen LogP contribution in [-0.4, -0.2) is 32.5 Å². The molecule has 0 saturated heterocycles. The van der Waals surface area contributed by atoms with E-state index in [1.165, 1.54) is 13.5 Å². The standard InChI is InChI=1S/C16H27NO4S/c1-3-4-5-6-7-8-16(13-17-18)22(19,20)15-11-9-14(21-2)10-12-15/h9-12,16-18H,3-8,13H2,1-2H3. The van der Waals surface area contributed by atoms with Crippen molar-refractivity contribution < 1.29 is 18.4 Å². The molecule has 0 heterocycles. The van der Waals surface area contributed by atoms with Gasteiger partial charge in [-0.2, -0.15) is 0 Å². The van der Waals surface area contributed by atoms with Gasteiger partial charge in [0, 0.05) is 6.54 Å². The number of hydrogen-bond acceptors (Lipinski definition) is 5. The van der Waals surface area contributed by atoms with E-state index in [9.17, 15) is 8.42 Å². The summed E-state index contributed by atoms with van der Waals surface area (Å²) in [5, 5.41) is 8.32. The minimum atomic E-state index is -3.46. The molecule has 5 nitrogen and oxygen atoms in total. The predicted octanol–water partition coefficient (Wildman–Crippen LogP) is 3.18. The Morgan fingerprint density at radius 1 is 1.14 bits per heavy atom. The number of hydrogen-bond donors (Lipinski definition) is 2. The third-order valence-corrected chi connectivity index (χ3v) is 5.98.